The lowest BCUT2D eigenvalue weighted by atomic mass is 10.2. The van der Waals surface area contributed by atoms with Crippen molar-refractivity contribution in [2.75, 3.05) is 4.72 Å². The minimum Gasteiger partial charge on any atom is -0.480 e. The van der Waals surface area contributed by atoms with E-state index in [-0.39, 0.29) is 6.54 Å². The van der Waals surface area contributed by atoms with Crippen molar-refractivity contribution in [2.24, 2.45) is 0 Å². The molecule has 2 aromatic rings. The van der Waals surface area contributed by atoms with Crippen molar-refractivity contribution in [3.8, 4) is 0 Å². The molecule has 0 saturated heterocycles. The summed E-state index contributed by atoms with van der Waals surface area (Å²) in [7, 11) is -3.72. The zero-order valence-corrected chi connectivity index (χ0v) is 13.5. The van der Waals surface area contributed by atoms with Crippen LogP contribution in [0.3, 0.4) is 0 Å². The fraction of sp³-hybridized carbons (Fsp3) is 0.200. The van der Waals surface area contributed by atoms with E-state index in [2.05, 4.69) is 9.82 Å². The van der Waals surface area contributed by atoms with Gasteiger partial charge >= 0.3 is 5.97 Å². The fourth-order valence-corrected chi connectivity index (χ4v) is 3.02. The first-order valence-corrected chi connectivity index (χ1v) is 8.35. The van der Waals surface area contributed by atoms with Crippen molar-refractivity contribution in [3.05, 3.63) is 52.7 Å². The Morgan fingerprint density at radius 2 is 1.96 bits per heavy atom. The molecule has 1 heterocycles. The summed E-state index contributed by atoms with van der Waals surface area (Å²) in [5.74, 6) is -1.05. The Morgan fingerprint density at radius 1 is 1.30 bits per heavy atom. The molecular weight excluding hydrogens is 318 g/mol. The van der Waals surface area contributed by atoms with Crippen molar-refractivity contribution in [1.82, 2.24) is 9.78 Å². The van der Waals surface area contributed by atoms with E-state index in [4.69, 9.17) is 5.11 Å². The summed E-state index contributed by atoms with van der Waals surface area (Å²) in [5, 5.41) is 13.9. The quantitative estimate of drug-likeness (QED) is 0.841. The molecule has 1 aromatic heterocycles. The average Bonchev–Trinajstić information content (AvgIpc) is 2.73. The smallest absolute Gasteiger partial charge is 0.325 e. The zero-order valence-electron chi connectivity index (χ0n) is 12.7. The van der Waals surface area contributed by atoms with Gasteiger partial charge in [-0.3, -0.25) is 14.2 Å². The van der Waals surface area contributed by atoms with E-state index in [0.717, 1.165) is 11.0 Å². The summed E-state index contributed by atoms with van der Waals surface area (Å²) in [5.41, 5.74) is 1.92. The third-order valence-electron chi connectivity index (χ3n) is 3.15. The molecule has 0 spiro atoms. The second kappa shape index (κ2) is 6.66. The highest BCUT2D eigenvalue weighted by Gasteiger charge is 2.17. The van der Waals surface area contributed by atoms with Crippen LogP contribution >= 0.6 is 0 Å². The molecule has 0 aliphatic carbocycles. The number of anilines is 1. The van der Waals surface area contributed by atoms with Crippen molar-refractivity contribution in [3.63, 3.8) is 0 Å². The van der Waals surface area contributed by atoms with Crippen LogP contribution in [0.15, 0.2) is 35.7 Å². The number of carboxylic acid groups (broad SMARTS) is 1. The summed E-state index contributed by atoms with van der Waals surface area (Å²) in [6, 6.07) is 9.03. The number of nitrogens with one attached hydrogen (secondary N) is 1. The van der Waals surface area contributed by atoms with Gasteiger partial charge in [-0.2, -0.15) is 5.10 Å². The van der Waals surface area contributed by atoms with Gasteiger partial charge in [0.25, 0.3) is 10.0 Å². The van der Waals surface area contributed by atoms with Crippen LogP contribution in [0.25, 0.3) is 6.08 Å². The largest absolute Gasteiger partial charge is 0.480 e. The number of carbonyl (C=O) groups is 1. The molecule has 0 saturated carbocycles. The van der Waals surface area contributed by atoms with Gasteiger partial charge in [0, 0.05) is 0 Å². The molecule has 2 rings (SSSR count). The van der Waals surface area contributed by atoms with Gasteiger partial charge in [0.15, 0.2) is 0 Å². The number of aryl methyl sites for hydroxylation is 1. The molecule has 0 radical (unpaired) electrons. The molecule has 0 aliphatic rings. The van der Waals surface area contributed by atoms with Crippen LogP contribution in [0.2, 0.25) is 0 Å². The zero-order chi connectivity index (χ0) is 17.0. The van der Waals surface area contributed by atoms with Crippen LogP contribution in [-0.2, 0) is 21.4 Å². The van der Waals surface area contributed by atoms with Crippen LogP contribution in [0.5, 0.6) is 0 Å². The van der Waals surface area contributed by atoms with Crippen LogP contribution < -0.4 is 4.72 Å². The molecule has 8 heteroatoms. The maximum atomic E-state index is 12.2. The van der Waals surface area contributed by atoms with Gasteiger partial charge in [-0.15, -0.1) is 0 Å². The highest BCUT2D eigenvalue weighted by molar-refractivity contribution is 7.95. The Balaban J connectivity index is 2.22. The number of hydrogen-bond donors (Lipinski definition) is 2. The number of sulfonamides is 1. The Bertz CT molecular complexity index is 839. The van der Waals surface area contributed by atoms with E-state index in [9.17, 15) is 13.2 Å². The van der Waals surface area contributed by atoms with E-state index in [1.54, 1.807) is 26.0 Å². The predicted molar refractivity (Wildman–Crippen MR) is 87.4 cm³/mol. The number of carboxylic acids is 1. The van der Waals surface area contributed by atoms with Crippen LogP contribution in [0.4, 0.5) is 5.69 Å². The number of aliphatic carboxylic acids is 1. The Morgan fingerprint density at radius 3 is 2.57 bits per heavy atom. The molecular formula is C15H17N3O4S. The first kappa shape index (κ1) is 16.8. The normalized spacial score (nSPS) is 11.7. The van der Waals surface area contributed by atoms with Crippen molar-refractivity contribution < 1.29 is 18.3 Å². The third kappa shape index (κ3) is 4.43. The van der Waals surface area contributed by atoms with E-state index < -0.39 is 16.0 Å². The Kier molecular flexibility index (Phi) is 4.85. The number of nitrogens with zero attached hydrogens (tertiary/aromatic N) is 2. The number of hydrogen-bond acceptors (Lipinski definition) is 4. The Labute approximate surface area is 134 Å². The second-order valence-electron chi connectivity index (χ2n) is 4.96. The van der Waals surface area contributed by atoms with E-state index in [1.807, 2.05) is 18.2 Å². The van der Waals surface area contributed by atoms with Crippen molar-refractivity contribution in [2.45, 2.75) is 20.4 Å². The minimum atomic E-state index is -3.72. The van der Waals surface area contributed by atoms with E-state index >= 15 is 0 Å². The van der Waals surface area contributed by atoms with Gasteiger partial charge in [0.05, 0.1) is 22.5 Å². The van der Waals surface area contributed by atoms with Crippen LogP contribution in [0.1, 0.15) is 17.0 Å². The molecule has 122 valence electrons. The third-order valence-corrected chi connectivity index (χ3v) is 4.13. The van der Waals surface area contributed by atoms with Gasteiger partial charge in [0.1, 0.15) is 6.54 Å². The lowest BCUT2D eigenvalue weighted by molar-refractivity contribution is -0.137. The highest BCUT2D eigenvalue weighted by atomic mass is 32.2. The molecule has 0 fully saturated rings. The standard InChI is InChI=1S/C15H17N3O4S/c1-11-15(12(2)18(16-11)10-14(19)20)17-23(21,22)9-8-13-6-4-3-5-7-13/h3-9,17H,10H2,1-2H3,(H,19,20). The lowest BCUT2D eigenvalue weighted by Crippen LogP contribution is -2.13. The Hall–Kier alpha value is -2.61. The van der Waals surface area contributed by atoms with E-state index in [1.165, 1.54) is 10.8 Å². The molecule has 7 nitrogen and oxygen atoms in total. The van der Waals surface area contributed by atoms with Gasteiger partial charge in [0.2, 0.25) is 0 Å². The average molecular weight is 335 g/mol. The van der Waals surface area contributed by atoms with Crippen LogP contribution in [0, 0.1) is 13.8 Å². The highest BCUT2D eigenvalue weighted by Crippen LogP contribution is 2.21. The minimum absolute atomic E-state index is 0.295. The first-order chi connectivity index (χ1) is 10.8. The SMILES string of the molecule is Cc1nn(CC(=O)O)c(C)c1NS(=O)(=O)C=Cc1ccccc1. The monoisotopic (exact) mass is 335 g/mol. The molecule has 2 N–H and O–H groups in total. The van der Waals surface area contributed by atoms with Crippen molar-refractivity contribution >= 4 is 27.8 Å². The number of benzene rings is 1. The van der Waals surface area contributed by atoms with Gasteiger partial charge in [-0.25, -0.2) is 8.42 Å². The maximum Gasteiger partial charge on any atom is 0.325 e. The molecule has 0 amide bonds. The summed E-state index contributed by atoms with van der Waals surface area (Å²) in [6.45, 7) is 2.90. The number of aromatic nitrogens is 2. The summed E-state index contributed by atoms with van der Waals surface area (Å²) >= 11 is 0. The van der Waals surface area contributed by atoms with Crippen molar-refractivity contribution in [1.29, 1.82) is 0 Å². The first-order valence-electron chi connectivity index (χ1n) is 6.80. The summed E-state index contributed by atoms with van der Waals surface area (Å²) < 4.78 is 28.0. The van der Waals surface area contributed by atoms with Gasteiger partial charge in [-0.1, -0.05) is 30.3 Å². The predicted octanol–water partition coefficient (Wildman–Crippen LogP) is 2.00. The lowest BCUT2D eigenvalue weighted by Gasteiger charge is -2.05. The van der Waals surface area contributed by atoms with Gasteiger partial charge < -0.3 is 5.11 Å². The molecule has 0 bridgehead atoms. The molecule has 0 unspecified atom stereocenters. The summed E-state index contributed by atoms with van der Waals surface area (Å²) in [4.78, 5) is 10.8. The maximum absolute atomic E-state index is 12.2. The second-order valence-corrected chi connectivity index (χ2v) is 6.52. The summed E-state index contributed by atoms with van der Waals surface area (Å²) in [6.07, 6.45) is 1.48. The molecule has 23 heavy (non-hydrogen) atoms. The van der Waals surface area contributed by atoms with E-state index in [0.29, 0.717) is 17.1 Å². The number of rotatable bonds is 6. The fourth-order valence-electron chi connectivity index (χ4n) is 2.04. The van der Waals surface area contributed by atoms with Crippen LogP contribution in [-0.4, -0.2) is 29.3 Å². The topological polar surface area (TPSA) is 101 Å². The molecule has 0 atom stereocenters. The molecule has 1 aromatic carbocycles. The molecule has 0 aliphatic heterocycles. The van der Waals surface area contributed by atoms with Gasteiger partial charge in [-0.05, 0) is 25.5 Å².